The lowest BCUT2D eigenvalue weighted by Gasteiger charge is -2.36. The third-order valence-electron chi connectivity index (χ3n) is 5.41. The highest BCUT2D eigenvalue weighted by Crippen LogP contribution is 2.42. The number of carbonyl (C=O) groups is 2. The van der Waals surface area contributed by atoms with Gasteiger partial charge in [-0.25, -0.2) is 4.39 Å². The monoisotopic (exact) mass is 444 g/mol. The molecule has 0 spiro atoms. The van der Waals surface area contributed by atoms with Crippen molar-refractivity contribution < 1.29 is 14.0 Å². The number of carbonyl (C=O) groups excluding carboxylic acids is 2. The zero-order chi connectivity index (χ0) is 21.5. The molecule has 4 rings (SSSR count). The van der Waals surface area contributed by atoms with Crippen LogP contribution in [-0.2, 0) is 18.4 Å². The molecular weight excluding hydrogens is 427 g/mol. The van der Waals surface area contributed by atoms with E-state index in [2.05, 4.69) is 10.3 Å². The van der Waals surface area contributed by atoms with Gasteiger partial charge in [0.05, 0.1) is 17.2 Å². The number of benzene rings is 2. The van der Waals surface area contributed by atoms with Gasteiger partial charge in [-0.05, 0) is 47.4 Å². The van der Waals surface area contributed by atoms with E-state index in [1.165, 1.54) is 23.6 Å². The number of nitrogens with zero attached hydrogens (tertiary/aromatic N) is 1. The number of rotatable bonds is 5. The first-order chi connectivity index (χ1) is 14.3. The highest BCUT2D eigenvalue weighted by Gasteiger charge is 2.48. The van der Waals surface area contributed by atoms with Crippen LogP contribution in [0.4, 0.5) is 4.39 Å². The molecule has 0 unspecified atom stereocenters. The fraction of sp³-hybridized carbons (Fsp3) is 0.190. The number of hydrogen-bond acceptors (Lipinski definition) is 5. The summed E-state index contributed by atoms with van der Waals surface area (Å²) in [7, 11) is 0. The lowest BCUT2D eigenvalue weighted by molar-refractivity contribution is 0.0888. The fourth-order valence-corrected chi connectivity index (χ4v) is 4.65. The minimum atomic E-state index is -1.09. The van der Waals surface area contributed by atoms with Gasteiger partial charge in [0.2, 0.25) is 5.91 Å². The second kappa shape index (κ2) is 7.79. The van der Waals surface area contributed by atoms with Crippen LogP contribution in [-0.4, -0.2) is 22.8 Å². The van der Waals surface area contributed by atoms with E-state index in [4.69, 9.17) is 23.1 Å². The van der Waals surface area contributed by atoms with Gasteiger partial charge in [0, 0.05) is 23.0 Å². The zero-order valence-corrected chi connectivity index (χ0v) is 17.3. The summed E-state index contributed by atoms with van der Waals surface area (Å²) in [4.78, 5) is 28.7. The maximum atomic E-state index is 14.6. The Hall–Kier alpha value is -2.81. The molecule has 0 radical (unpaired) electrons. The highest BCUT2D eigenvalue weighted by atomic mass is 35.5. The van der Waals surface area contributed by atoms with Crippen molar-refractivity contribution in [1.29, 1.82) is 0 Å². The number of nitrogens with two attached hydrogens (primary N) is 2. The molecule has 30 heavy (non-hydrogen) atoms. The maximum absolute atomic E-state index is 14.6. The Kier molecular flexibility index (Phi) is 5.31. The zero-order valence-electron chi connectivity index (χ0n) is 15.7. The Morgan fingerprint density at radius 3 is 2.67 bits per heavy atom. The fourth-order valence-electron chi connectivity index (χ4n) is 3.93. The van der Waals surface area contributed by atoms with Gasteiger partial charge in [0.25, 0.3) is 5.91 Å². The average Bonchev–Trinajstić information content (AvgIpc) is 3.32. The molecule has 0 bridgehead atoms. The number of amides is 2. The van der Waals surface area contributed by atoms with E-state index in [1.54, 1.807) is 35.8 Å². The summed E-state index contributed by atoms with van der Waals surface area (Å²) in [6.45, 7) is 0. The summed E-state index contributed by atoms with van der Waals surface area (Å²) in [5.41, 5.74) is 14.4. The van der Waals surface area contributed by atoms with Crippen LogP contribution in [0.1, 0.15) is 36.7 Å². The molecule has 1 aliphatic rings. The second-order valence-corrected chi connectivity index (χ2v) is 8.58. The number of primary amides is 1. The minimum absolute atomic E-state index is 0.223. The van der Waals surface area contributed by atoms with E-state index in [0.29, 0.717) is 21.6 Å². The maximum Gasteiger partial charge on any atom is 0.263 e. The lowest BCUT2D eigenvalue weighted by atomic mass is 9.82. The Morgan fingerprint density at radius 1 is 1.30 bits per heavy atom. The van der Waals surface area contributed by atoms with Crippen LogP contribution in [0.3, 0.4) is 0 Å². The Morgan fingerprint density at radius 2 is 2.03 bits per heavy atom. The van der Waals surface area contributed by atoms with Crippen LogP contribution in [0.15, 0.2) is 48.1 Å². The number of nitrogens with one attached hydrogen (secondary N) is 1. The molecule has 0 saturated carbocycles. The molecule has 1 aromatic heterocycles. The molecule has 1 aliphatic carbocycles. The smallest absolute Gasteiger partial charge is 0.263 e. The van der Waals surface area contributed by atoms with Crippen LogP contribution in [0.5, 0.6) is 0 Å². The van der Waals surface area contributed by atoms with E-state index in [-0.39, 0.29) is 23.8 Å². The quantitative estimate of drug-likeness (QED) is 0.561. The van der Waals surface area contributed by atoms with Crippen molar-refractivity contribution in [3.05, 3.63) is 86.1 Å². The average molecular weight is 445 g/mol. The van der Waals surface area contributed by atoms with Crippen molar-refractivity contribution in [2.45, 2.75) is 24.4 Å². The predicted octanol–water partition coefficient (Wildman–Crippen LogP) is 2.79. The summed E-state index contributed by atoms with van der Waals surface area (Å²) < 4.78 is 14.6. The Labute approximate surface area is 181 Å². The standard InChI is InChI=1S/C21H18ClFN4O2S/c22-13-5-15-14(16(23)6-13)7-18(24)21(15,27-20(29)17-9-26-10-30-17)8-11-1-3-12(4-2-11)19(25)28/h1-6,9-10,18H,7-8,24H2,(H2,25,28)(H,27,29)/t18-,21+/m0/s1. The SMILES string of the molecule is NC(=O)c1ccc(C[C@@]2(NC(=O)c3cncs3)c3cc(Cl)cc(F)c3C[C@@H]2N)cc1. The van der Waals surface area contributed by atoms with E-state index in [0.717, 1.165) is 5.56 Å². The van der Waals surface area contributed by atoms with Crippen LogP contribution in [0.25, 0.3) is 0 Å². The van der Waals surface area contributed by atoms with Crippen molar-refractivity contribution in [3.8, 4) is 0 Å². The van der Waals surface area contributed by atoms with Gasteiger partial charge in [-0.3, -0.25) is 14.6 Å². The number of fused-ring (bicyclic) bond motifs is 1. The molecule has 5 N–H and O–H groups in total. The molecule has 0 aliphatic heterocycles. The first-order valence-corrected chi connectivity index (χ1v) is 10.4. The number of halogens is 2. The van der Waals surface area contributed by atoms with Crippen molar-refractivity contribution in [1.82, 2.24) is 10.3 Å². The van der Waals surface area contributed by atoms with Crippen molar-refractivity contribution in [2.24, 2.45) is 11.5 Å². The summed E-state index contributed by atoms with van der Waals surface area (Å²) in [6, 6.07) is 9.01. The lowest BCUT2D eigenvalue weighted by Crippen LogP contribution is -2.56. The number of aromatic nitrogens is 1. The molecule has 0 fully saturated rings. The molecule has 0 saturated heterocycles. The van der Waals surface area contributed by atoms with E-state index in [9.17, 15) is 14.0 Å². The van der Waals surface area contributed by atoms with Gasteiger partial charge in [0.15, 0.2) is 0 Å². The molecule has 154 valence electrons. The third-order valence-corrected chi connectivity index (χ3v) is 6.40. The molecular formula is C21H18ClFN4O2S. The number of thiazole rings is 1. The van der Waals surface area contributed by atoms with Crippen molar-refractivity contribution >= 4 is 34.8 Å². The van der Waals surface area contributed by atoms with Crippen molar-refractivity contribution in [2.75, 3.05) is 0 Å². The molecule has 3 aromatic rings. The molecule has 2 atom stereocenters. The van der Waals surface area contributed by atoms with Crippen LogP contribution < -0.4 is 16.8 Å². The van der Waals surface area contributed by atoms with Gasteiger partial charge >= 0.3 is 0 Å². The summed E-state index contributed by atoms with van der Waals surface area (Å²) in [5.74, 6) is -1.34. The third kappa shape index (κ3) is 3.58. The minimum Gasteiger partial charge on any atom is -0.366 e. The molecule has 2 aromatic carbocycles. The van der Waals surface area contributed by atoms with Crippen LogP contribution in [0, 0.1) is 5.82 Å². The van der Waals surface area contributed by atoms with E-state index < -0.39 is 23.3 Å². The first kappa shape index (κ1) is 20.5. The molecule has 9 heteroatoms. The van der Waals surface area contributed by atoms with Crippen LogP contribution >= 0.6 is 22.9 Å². The largest absolute Gasteiger partial charge is 0.366 e. The van der Waals surface area contributed by atoms with E-state index >= 15 is 0 Å². The topological polar surface area (TPSA) is 111 Å². The summed E-state index contributed by atoms with van der Waals surface area (Å²) in [6.07, 6.45) is 2.00. The molecule has 2 amide bonds. The molecule has 6 nitrogen and oxygen atoms in total. The van der Waals surface area contributed by atoms with Gasteiger partial charge in [-0.15, -0.1) is 11.3 Å². The second-order valence-electron chi connectivity index (χ2n) is 7.25. The normalized spacial score (nSPS) is 20.0. The summed E-state index contributed by atoms with van der Waals surface area (Å²) in [5, 5.41) is 3.25. The molecule has 1 heterocycles. The summed E-state index contributed by atoms with van der Waals surface area (Å²) >= 11 is 7.34. The first-order valence-electron chi connectivity index (χ1n) is 9.14. The Bertz CT molecular complexity index is 1120. The number of hydrogen-bond donors (Lipinski definition) is 3. The highest BCUT2D eigenvalue weighted by molar-refractivity contribution is 7.11. The van der Waals surface area contributed by atoms with Crippen molar-refractivity contribution in [3.63, 3.8) is 0 Å². The van der Waals surface area contributed by atoms with Gasteiger partial charge < -0.3 is 16.8 Å². The predicted molar refractivity (Wildman–Crippen MR) is 113 cm³/mol. The van der Waals surface area contributed by atoms with E-state index in [1.807, 2.05) is 0 Å². The van der Waals surface area contributed by atoms with Gasteiger partial charge in [-0.1, -0.05) is 23.7 Å². The van der Waals surface area contributed by atoms with Gasteiger partial charge in [0.1, 0.15) is 10.7 Å². The van der Waals surface area contributed by atoms with Gasteiger partial charge in [-0.2, -0.15) is 0 Å². The Balaban J connectivity index is 1.80. The van der Waals surface area contributed by atoms with Crippen LogP contribution in [0.2, 0.25) is 5.02 Å².